The SMILES string of the molecule is CC/C=C\C/C=C\C/C=C\C/C=C\C/C=C\C/C=C\CCCOCC(COP(=O)([O-])OCC[N+](C)(C)C)OC(=O)CCCCCCCCCCCCCCCCCCCCCCCCC. The molecule has 0 radical (unpaired) electrons. The van der Waals surface area contributed by atoms with E-state index >= 15 is 0 Å². The standard InChI is InChI=1S/C56H102NO7P/c1-6-8-10-12-14-16-18-20-22-24-26-28-29-30-31-33-35-37-39-41-43-45-47-49-56(58)64-55(54-63-65(59,60)62-52-50-57(3,4)5)53-61-51-48-46-44-42-40-38-36-34-32-27-25-23-21-19-17-15-13-11-9-7-2/h9,11,15,17,21,23,27,32,36,38,42,44,55H,6-8,10,12-14,16,18-20,22,24-26,28-31,33-35,37,39-41,43,45-54H2,1-5H3/b11-9-,17-15-,23-21-,32-27-,38-36-,44-42-. The van der Waals surface area contributed by atoms with E-state index in [2.05, 4.69) is 86.8 Å². The predicted octanol–water partition coefficient (Wildman–Crippen LogP) is 16.0. The third-order valence-electron chi connectivity index (χ3n) is 11.3. The van der Waals surface area contributed by atoms with E-state index in [1.165, 1.54) is 128 Å². The minimum Gasteiger partial charge on any atom is -0.756 e. The van der Waals surface area contributed by atoms with Crippen LogP contribution in [0.25, 0.3) is 0 Å². The summed E-state index contributed by atoms with van der Waals surface area (Å²) in [5.41, 5.74) is 0. The maximum absolute atomic E-state index is 12.8. The average molecular weight is 932 g/mol. The van der Waals surface area contributed by atoms with E-state index in [-0.39, 0.29) is 25.8 Å². The fraction of sp³-hybridized carbons (Fsp3) is 0.768. The number of phosphoric acid groups is 1. The Labute approximate surface area is 402 Å². The number of nitrogens with zero attached hydrogens (tertiary/aromatic N) is 1. The fourth-order valence-corrected chi connectivity index (χ4v) is 7.94. The highest BCUT2D eigenvalue weighted by Gasteiger charge is 2.20. The Morgan fingerprint density at radius 3 is 1.28 bits per heavy atom. The van der Waals surface area contributed by atoms with E-state index in [1.54, 1.807) is 0 Å². The van der Waals surface area contributed by atoms with Crippen LogP contribution >= 0.6 is 7.82 Å². The van der Waals surface area contributed by atoms with Gasteiger partial charge in [0.25, 0.3) is 7.82 Å². The van der Waals surface area contributed by atoms with Crippen LogP contribution < -0.4 is 4.89 Å². The van der Waals surface area contributed by atoms with Crippen LogP contribution in [-0.4, -0.2) is 70.7 Å². The molecule has 0 rings (SSSR count). The van der Waals surface area contributed by atoms with Gasteiger partial charge in [0.1, 0.15) is 19.3 Å². The Morgan fingerprint density at radius 2 is 0.877 bits per heavy atom. The first-order chi connectivity index (χ1) is 31.6. The van der Waals surface area contributed by atoms with Crippen molar-refractivity contribution >= 4 is 13.8 Å². The summed E-state index contributed by atoms with van der Waals surface area (Å²) in [6.07, 6.45) is 63.8. The zero-order valence-electron chi connectivity index (χ0n) is 42.9. The van der Waals surface area contributed by atoms with Crippen LogP contribution in [0, 0.1) is 0 Å². The van der Waals surface area contributed by atoms with Crippen LogP contribution in [0.3, 0.4) is 0 Å². The normalized spacial score (nSPS) is 14.1. The number of likely N-dealkylation sites (N-methyl/N-ethyl adjacent to an activating group) is 1. The molecule has 0 aliphatic carbocycles. The van der Waals surface area contributed by atoms with Crippen molar-refractivity contribution < 1.29 is 37.3 Å². The lowest BCUT2D eigenvalue weighted by Gasteiger charge is -2.28. The van der Waals surface area contributed by atoms with Gasteiger partial charge in [-0.05, 0) is 57.8 Å². The highest BCUT2D eigenvalue weighted by Crippen LogP contribution is 2.38. The van der Waals surface area contributed by atoms with Crippen molar-refractivity contribution in [3.8, 4) is 0 Å². The molecule has 65 heavy (non-hydrogen) atoms. The molecule has 2 atom stereocenters. The molecule has 0 saturated heterocycles. The molecule has 8 nitrogen and oxygen atoms in total. The molecule has 378 valence electrons. The molecule has 9 heteroatoms. The largest absolute Gasteiger partial charge is 0.756 e. The third kappa shape index (κ3) is 52.8. The van der Waals surface area contributed by atoms with Crippen LogP contribution in [-0.2, 0) is 27.9 Å². The van der Waals surface area contributed by atoms with Gasteiger partial charge >= 0.3 is 5.97 Å². The van der Waals surface area contributed by atoms with Gasteiger partial charge in [-0.25, -0.2) is 0 Å². The summed E-state index contributed by atoms with van der Waals surface area (Å²) in [4.78, 5) is 25.2. The summed E-state index contributed by atoms with van der Waals surface area (Å²) in [7, 11) is 1.32. The van der Waals surface area contributed by atoms with Crippen LogP contribution in [0.1, 0.15) is 219 Å². The van der Waals surface area contributed by atoms with Gasteiger partial charge in [0.15, 0.2) is 0 Å². The number of rotatable bonds is 49. The summed E-state index contributed by atoms with van der Waals surface area (Å²) in [5.74, 6) is -0.352. The zero-order valence-corrected chi connectivity index (χ0v) is 43.8. The molecule has 2 unspecified atom stereocenters. The summed E-state index contributed by atoms with van der Waals surface area (Å²) in [5, 5.41) is 0. The van der Waals surface area contributed by atoms with E-state index < -0.39 is 13.9 Å². The van der Waals surface area contributed by atoms with E-state index in [0.29, 0.717) is 24.1 Å². The minimum atomic E-state index is -4.55. The first kappa shape index (κ1) is 62.9. The van der Waals surface area contributed by atoms with E-state index in [9.17, 15) is 14.3 Å². The first-order valence-electron chi connectivity index (χ1n) is 26.7. The van der Waals surface area contributed by atoms with Crippen molar-refractivity contribution in [1.82, 2.24) is 0 Å². The summed E-state index contributed by atoms with van der Waals surface area (Å²) in [6.45, 7) is 5.16. The average Bonchev–Trinajstić information content (AvgIpc) is 3.27. The van der Waals surface area contributed by atoms with Crippen molar-refractivity contribution in [3.05, 3.63) is 72.9 Å². The molecule has 0 saturated carbocycles. The molecule has 0 N–H and O–H groups in total. The fourth-order valence-electron chi connectivity index (χ4n) is 7.21. The monoisotopic (exact) mass is 932 g/mol. The van der Waals surface area contributed by atoms with Crippen molar-refractivity contribution in [2.45, 2.75) is 225 Å². The smallest absolute Gasteiger partial charge is 0.306 e. The predicted molar refractivity (Wildman–Crippen MR) is 277 cm³/mol. The van der Waals surface area contributed by atoms with E-state index in [1.807, 2.05) is 21.1 Å². The Kier molecular flexibility index (Phi) is 46.9. The molecular weight excluding hydrogens is 830 g/mol. The number of hydrogen-bond acceptors (Lipinski definition) is 7. The number of ether oxygens (including phenoxy) is 2. The van der Waals surface area contributed by atoms with Gasteiger partial charge in [-0.1, -0.05) is 228 Å². The molecule has 0 heterocycles. The van der Waals surface area contributed by atoms with Gasteiger partial charge in [0.05, 0.1) is 34.4 Å². The second-order valence-corrected chi connectivity index (χ2v) is 20.3. The van der Waals surface area contributed by atoms with Crippen molar-refractivity contribution in [2.75, 3.05) is 54.1 Å². The number of hydrogen-bond donors (Lipinski definition) is 0. The molecule has 0 bridgehead atoms. The van der Waals surface area contributed by atoms with Gasteiger partial charge in [-0.2, -0.15) is 0 Å². The molecule has 0 aromatic carbocycles. The van der Waals surface area contributed by atoms with Crippen LogP contribution in [0.15, 0.2) is 72.9 Å². The van der Waals surface area contributed by atoms with Gasteiger partial charge in [0.2, 0.25) is 0 Å². The lowest BCUT2D eigenvalue weighted by atomic mass is 10.0. The highest BCUT2D eigenvalue weighted by atomic mass is 31.2. The number of carbonyl (C=O) groups is 1. The first-order valence-corrected chi connectivity index (χ1v) is 28.1. The number of carbonyl (C=O) groups excluding carboxylic acids is 1. The van der Waals surface area contributed by atoms with Crippen LogP contribution in [0.2, 0.25) is 0 Å². The maximum atomic E-state index is 12.8. The molecule has 0 aliphatic rings. The van der Waals surface area contributed by atoms with Crippen LogP contribution in [0.5, 0.6) is 0 Å². The zero-order chi connectivity index (χ0) is 47.6. The Balaban J connectivity index is 4.19. The highest BCUT2D eigenvalue weighted by molar-refractivity contribution is 7.45. The number of unbranched alkanes of at least 4 members (excludes halogenated alkanes) is 23. The van der Waals surface area contributed by atoms with Crippen molar-refractivity contribution in [1.29, 1.82) is 0 Å². The molecular formula is C56H102NO7P. The van der Waals surface area contributed by atoms with E-state index in [4.69, 9.17) is 18.5 Å². The lowest BCUT2D eigenvalue weighted by molar-refractivity contribution is -0.870. The molecule has 0 fully saturated rings. The number of esters is 1. The quantitative estimate of drug-likeness (QED) is 0.0197. The molecule has 0 amide bonds. The van der Waals surface area contributed by atoms with Gasteiger partial charge in [0, 0.05) is 13.0 Å². The Hall–Kier alpha value is -2.06. The molecule has 0 spiro atoms. The lowest BCUT2D eigenvalue weighted by Crippen LogP contribution is -2.37. The van der Waals surface area contributed by atoms with Crippen molar-refractivity contribution in [2.24, 2.45) is 0 Å². The number of allylic oxidation sites excluding steroid dienone is 12. The third-order valence-corrected chi connectivity index (χ3v) is 12.2. The maximum Gasteiger partial charge on any atom is 0.306 e. The minimum absolute atomic E-state index is 0.0133. The van der Waals surface area contributed by atoms with Gasteiger partial charge < -0.3 is 27.9 Å². The summed E-state index contributed by atoms with van der Waals surface area (Å²) < 4.78 is 34.7. The van der Waals surface area contributed by atoms with E-state index in [0.717, 1.165) is 70.6 Å². The van der Waals surface area contributed by atoms with Crippen molar-refractivity contribution in [3.63, 3.8) is 0 Å². The molecule has 0 aromatic heterocycles. The molecule has 0 aromatic rings. The Bertz CT molecular complexity index is 1270. The summed E-state index contributed by atoms with van der Waals surface area (Å²) in [6, 6.07) is 0. The van der Waals surface area contributed by atoms with Gasteiger partial charge in [-0.3, -0.25) is 9.36 Å². The van der Waals surface area contributed by atoms with Crippen LogP contribution in [0.4, 0.5) is 0 Å². The topological polar surface area (TPSA) is 94.1 Å². The van der Waals surface area contributed by atoms with Gasteiger partial charge in [-0.15, -0.1) is 0 Å². The summed E-state index contributed by atoms with van der Waals surface area (Å²) >= 11 is 0. The number of phosphoric ester groups is 1. The Morgan fingerprint density at radius 1 is 0.492 bits per heavy atom. The number of quaternary nitrogens is 1. The second-order valence-electron chi connectivity index (χ2n) is 18.9. The second kappa shape index (κ2) is 48.4. The molecule has 0 aliphatic heterocycles.